The highest BCUT2D eigenvalue weighted by atomic mass is 16.5. The monoisotopic (exact) mass is 1800 g/mol. The number of hydrogen-bond acceptors (Lipinski definition) is 3. The molecular weight excluding hydrogens is 1610 g/mol. The van der Waals surface area contributed by atoms with Crippen LogP contribution in [0.15, 0.2) is 261 Å². The summed E-state index contributed by atoms with van der Waals surface area (Å²) in [7, 11) is 0. The summed E-state index contributed by atoms with van der Waals surface area (Å²) in [5.41, 5.74) is 22.7. The maximum atomic E-state index is 5.97. The molecule has 133 heavy (non-hydrogen) atoms. The van der Waals surface area contributed by atoms with Crippen LogP contribution < -0.4 is 14.2 Å². The van der Waals surface area contributed by atoms with Crippen molar-refractivity contribution in [2.75, 3.05) is 0 Å². The van der Waals surface area contributed by atoms with Crippen LogP contribution in [0.3, 0.4) is 0 Å². The van der Waals surface area contributed by atoms with E-state index in [4.69, 9.17) is 14.2 Å². The first-order chi connectivity index (χ1) is 63.8. The van der Waals surface area contributed by atoms with E-state index in [1.807, 2.05) is 97.1 Å². The lowest BCUT2D eigenvalue weighted by Crippen LogP contribution is -2.18. The average Bonchev–Trinajstić information content (AvgIpc) is 0.798. The number of ether oxygens (including phenoxy) is 3. The smallest absolute Gasteiger partial charge is 0.127 e. The van der Waals surface area contributed by atoms with Crippen molar-refractivity contribution in [1.29, 1.82) is 0 Å². The molecule has 0 heterocycles. The SMILES string of the molecule is CCCC.CCCC(C)CC(C)(C)CC.CCCCCCCC.CCCCCCCCCC.CCCCCCCCCCCCCC.Cc1ccc(C)c(C)c1.Cc1ccc(C)cc1.Cc1ccc(Cc2ccc(C)cc2)cc1.Cc1ccc(Oc2ccc(C(C)(C)c3ccc(Oc4ccc(C)cc4)cc3)cc2)cc1.Cc1ccc(Oc2ccc(C)cc2)cc1.Cc1cccc(C)c1. The van der Waals surface area contributed by atoms with Gasteiger partial charge in [-0.05, 0) is 220 Å². The molecule has 732 valence electrons. The third-order valence-corrected chi connectivity index (χ3v) is 24.2. The van der Waals surface area contributed by atoms with Gasteiger partial charge in [-0.25, -0.2) is 0 Å². The predicted molar refractivity (Wildman–Crippen MR) is 595 cm³/mol. The topological polar surface area (TPSA) is 27.7 Å². The van der Waals surface area contributed by atoms with Gasteiger partial charge in [0.25, 0.3) is 0 Å². The molecular formula is C130H194O3. The zero-order chi connectivity index (χ0) is 98.7. The summed E-state index contributed by atoms with van der Waals surface area (Å²) in [6.45, 7) is 61.4. The minimum Gasteiger partial charge on any atom is -0.457 e. The average molecular weight is 1800 g/mol. The molecule has 0 saturated heterocycles. The lowest BCUT2D eigenvalue weighted by atomic mass is 9.78. The molecule has 0 bridgehead atoms. The number of aryl methyl sites for hydroxylation is 13. The van der Waals surface area contributed by atoms with E-state index in [0.717, 1.165) is 46.8 Å². The molecule has 0 amide bonds. The van der Waals surface area contributed by atoms with Gasteiger partial charge >= 0.3 is 0 Å². The fourth-order valence-corrected chi connectivity index (χ4v) is 14.5. The predicted octanol–water partition coefficient (Wildman–Crippen LogP) is 42.7. The number of hydrogen-bond donors (Lipinski definition) is 0. The molecule has 11 rings (SSSR count). The minimum absolute atomic E-state index is 0.134. The molecule has 1 unspecified atom stereocenters. The van der Waals surface area contributed by atoms with Gasteiger partial charge in [0.15, 0.2) is 0 Å². The van der Waals surface area contributed by atoms with Crippen molar-refractivity contribution in [3.05, 3.63) is 355 Å². The largest absolute Gasteiger partial charge is 0.457 e. The van der Waals surface area contributed by atoms with Crippen LogP contribution in [0.4, 0.5) is 0 Å². The Bertz CT molecular complexity index is 4150. The van der Waals surface area contributed by atoms with Crippen LogP contribution in [0.25, 0.3) is 0 Å². The summed E-state index contributed by atoms with van der Waals surface area (Å²) >= 11 is 0. The Hall–Kier alpha value is -9.18. The van der Waals surface area contributed by atoms with Crippen molar-refractivity contribution in [1.82, 2.24) is 0 Å². The van der Waals surface area contributed by atoms with E-state index in [9.17, 15) is 0 Å². The van der Waals surface area contributed by atoms with Crippen LogP contribution in [0.5, 0.6) is 34.5 Å². The summed E-state index contributed by atoms with van der Waals surface area (Å²) in [6.07, 6.45) is 46.5. The standard InChI is InChI=1S/C29H28O2.C15H16.C14H14O.C14H30.C11H24.C10H22.C9H12.2C8H10.C8H18.C4H10/c1-21-5-13-25(14-6-21)30-27-17-9-23(10-18-27)29(3,4)24-11-19-28(20-12-24)31-26-15-7-22(2)8-16-26;1-12-3-7-14(8-4-12)11-15-9-5-13(2)6-10-15;1-11-3-7-13(8-4-11)15-14-9-5-12(2)6-10-14;1-3-5-7-9-11-13-14-12-10-8-6-4-2;1-6-8-10(3)9-11(4,5)7-2;1-3-5-7-9-10-8-6-4-2;1-7-4-5-8(2)9(3)6-7;1-7-3-5-8(2)6-4-7;1-7-4-3-5-8(2)6-7;1-3-5-7-8-6-4-2;1-3-4-2/h5-20H,1-4H3;3-10H,11H2,1-2H3;3-10H,1-2H3;3-14H2,1-2H3;10H,6-9H2,1-5H3;3-10H2,1-2H3;4-6H,1-3H3;2*3-6H,1-2H3;3-8H2,1-2H3;3-4H2,1-2H3. The summed E-state index contributed by atoms with van der Waals surface area (Å²) in [4.78, 5) is 0. The van der Waals surface area contributed by atoms with E-state index in [-0.39, 0.29) is 5.41 Å². The van der Waals surface area contributed by atoms with E-state index in [1.165, 1.54) is 300 Å². The Morgan fingerprint density at radius 2 is 0.436 bits per heavy atom. The Kier molecular flexibility index (Phi) is 70.6. The molecule has 0 aromatic heterocycles. The van der Waals surface area contributed by atoms with Crippen LogP contribution in [0.2, 0.25) is 0 Å². The van der Waals surface area contributed by atoms with Crippen molar-refractivity contribution >= 4 is 0 Å². The van der Waals surface area contributed by atoms with E-state index in [0.29, 0.717) is 5.41 Å². The maximum absolute atomic E-state index is 5.97. The zero-order valence-corrected chi connectivity index (χ0v) is 90.5. The highest BCUT2D eigenvalue weighted by Crippen LogP contribution is 2.36. The van der Waals surface area contributed by atoms with Crippen LogP contribution in [0, 0.1) is 101 Å². The van der Waals surface area contributed by atoms with Gasteiger partial charge in [-0.1, -0.05) is 552 Å². The van der Waals surface area contributed by atoms with Gasteiger partial charge in [-0.15, -0.1) is 0 Å². The van der Waals surface area contributed by atoms with Gasteiger partial charge in [0.05, 0.1) is 0 Å². The van der Waals surface area contributed by atoms with Crippen molar-refractivity contribution in [3.8, 4) is 34.5 Å². The lowest BCUT2D eigenvalue weighted by molar-refractivity contribution is 0.258. The molecule has 0 N–H and O–H groups in total. The highest BCUT2D eigenvalue weighted by Gasteiger charge is 2.24. The molecule has 0 aliphatic rings. The van der Waals surface area contributed by atoms with E-state index in [2.05, 4.69) is 358 Å². The van der Waals surface area contributed by atoms with Crippen LogP contribution in [0.1, 0.15) is 404 Å². The van der Waals surface area contributed by atoms with Crippen molar-refractivity contribution < 1.29 is 14.2 Å². The third kappa shape index (κ3) is 64.4. The zero-order valence-electron chi connectivity index (χ0n) is 90.5. The molecule has 0 saturated carbocycles. The number of rotatable bonds is 39. The Morgan fingerprint density at radius 1 is 0.218 bits per heavy atom. The third-order valence-electron chi connectivity index (χ3n) is 24.2. The minimum atomic E-state index is -0.134. The molecule has 11 aromatic rings. The van der Waals surface area contributed by atoms with Crippen LogP contribution >= 0.6 is 0 Å². The first kappa shape index (κ1) is 122. The normalized spacial score (nSPS) is 10.6. The van der Waals surface area contributed by atoms with Crippen molar-refractivity contribution in [2.45, 2.75) is 411 Å². The quantitative estimate of drug-likeness (QED) is 0.0359. The first-order valence-corrected chi connectivity index (χ1v) is 52.6. The second-order valence-corrected chi connectivity index (χ2v) is 39.0. The first-order valence-electron chi connectivity index (χ1n) is 52.6. The maximum Gasteiger partial charge on any atom is 0.127 e. The molecule has 1 atom stereocenters. The van der Waals surface area contributed by atoms with Gasteiger partial charge in [0.1, 0.15) is 34.5 Å². The Labute approximate surface area is 821 Å². The van der Waals surface area contributed by atoms with Crippen LogP contribution in [-0.4, -0.2) is 0 Å². The van der Waals surface area contributed by atoms with E-state index >= 15 is 0 Å². The number of unbranched alkanes of at least 4 members (excludes halogenated alkanes) is 24. The molecule has 0 aliphatic carbocycles. The second-order valence-electron chi connectivity index (χ2n) is 39.0. The molecule has 11 aromatic carbocycles. The molecule has 0 radical (unpaired) electrons. The highest BCUT2D eigenvalue weighted by molar-refractivity contribution is 5.45. The fraction of sp³-hybridized carbons (Fsp3) is 0.492. The molecule has 3 nitrogen and oxygen atoms in total. The van der Waals surface area contributed by atoms with Gasteiger partial charge in [0, 0.05) is 5.41 Å². The second kappa shape index (κ2) is 77.0. The van der Waals surface area contributed by atoms with Gasteiger partial charge in [-0.3, -0.25) is 0 Å². The van der Waals surface area contributed by atoms with Gasteiger partial charge in [-0.2, -0.15) is 0 Å². The van der Waals surface area contributed by atoms with Gasteiger partial charge < -0.3 is 14.2 Å². The van der Waals surface area contributed by atoms with Crippen molar-refractivity contribution in [2.24, 2.45) is 11.3 Å². The Balaban J connectivity index is 0.000000764. The molecule has 0 fully saturated rings. The fourth-order valence-electron chi connectivity index (χ4n) is 14.5. The van der Waals surface area contributed by atoms with E-state index < -0.39 is 0 Å². The van der Waals surface area contributed by atoms with Crippen LogP contribution in [-0.2, 0) is 11.8 Å². The Morgan fingerprint density at radius 3 is 0.639 bits per heavy atom. The number of benzene rings is 11. The molecule has 3 heteroatoms. The molecule has 0 aliphatic heterocycles. The van der Waals surface area contributed by atoms with Crippen molar-refractivity contribution in [3.63, 3.8) is 0 Å². The summed E-state index contributed by atoms with van der Waals surface area (Å²) in [6, 6.07) is 89.9. The lowest BCUT2D eigenvalue weighted by Gasteiger charge is -2.26. The summed E-state index contributed by atoms with van der Waals surface area (Å²) < 4.78 is 17.6. The summed E-state index contributed by atoms with van der Waals surface area (Å²) in [5, 5.41) is 0. The summed E-state index contributed by atoms with van der Waals surface area (Å²) in [5.74, 6) is 6.04. The van der Waals surface area contributed by atoms with Gasteiger partial charge in [0.2, 0.25) is 0 Å². The molecule has 0 spiro atoms. The van der Waals surface area contributed by atoms with E-state index in [1.54, 1.807) is 0 Å².